The van der Waals surface area contributed by atoms with Gasteiger partial charge >= 0.3 is 0 Å². The fraction of sp³-hybridized carbons (Fsp3) is 0.158. The fourth-order valence-electron chi connectivity index (χ4n) is 2.38. The number of furan rings is 1. The number of nitrogens with one attached hydrogen (secondary N) is 1. The highest BCUT2D eigenvalue weighted by Crippen LogP contribution is 2.26. The highest BCUT2D eigenvalue weighted by Gasteiger charge is 2.10. The largest absolute Gasteiger partial charge is 0.488 e. The Hall–Kier alpha value is -1.82. The molecule has 1 heterocycles. The Labute approximate surface area is 158 Å². The van der Waals surface area contributed by atoms with Gasteiger partial charge in [0.15, 0.2) is 0 Å². The molecule has 0 saturated heterocycles. The number of benzene rings is 2. The van der Waals surface area contributed by atoms with Crippen LogP contribution >= 0.6 is 27.5 Å². The SMILES string of the molecule is Fc1cccc(Cl)c1COc1ccc(Br)cc1CNCc1ccco1. The van der Waals surface area contributed by atoms with Gasteiger partial charge < -0.3 is 14.5 Å². The van der Waals surface area contributed by atoms with E-state index in [4.69, 9.17) is 20.8 Å². The number of hydrogen-bond donors (Lipinski definition) is 1. The molecule has 6 heteroatoms. The summed E-state index contributed by atoms with van der Waals surface area (Å²) in [6.07, 6.45) is 1.64. The summed E-state index contributed by atoms with van der Waals surface area (Å²) in [5.74, 6) is 1.16. The van der Waals surface area contributed by atoms with Crippen LogP contribution in [0.5, 0.6) is 5.75 Å². The van der Waals surface area contributed by atoms with Crippen LogP contribution < -0.4 is 10.1 Å². The van der Waals surface area contributed by atoms with E-state index in [0.29, 0.717) is 29.4 Å². The molecule has 0 fully saturated rings. The fourth-order valence-corrected chi connectivity index (χ4v) is 3.01. The minimum atomic E-state index is -0.373. The molecule has 0 aliphatic heterocycles. The third kappa shape index (κ3) is 4.84. The zero-order valence-electron chi connectivity index (χ0n) is 13.3. The van der Waals surface area contributed by atoms with Gasteiger partial charge in [0.1, 0.15) is 23.9 Å². The van der Waals surface area contributed by atoms with Crippen molar-refractivity contribution in [3.05, 3.63) is 87.0 Å². The van der Waals surface area contributed by atoms with E-state index in [1.807, 2.05) is 30.3 Å². The summed E-state index contributed by atoms with van der Waals surface area (Å²) in [5.41, 5.74) is 1.30. The molecular formula is C19H16BrClFNO2. The van der Waals surface area contributed by atoms with Gasteiger partial charge in [-0.15, -0.1) is 0 Å². The van der Waals surface area contributed by atoms with E-state index < -0.39 is 0 Å². The second-order valence-corrected chi connectivity index (χ2v) is 6.75. The minimum Gasteiger partial charge on any atom is -0.488 e. The molecular weight excluding hydrogens is 409 g/mol. The monoisotopic (exact) mass is 423 g/mol. The zero-order chi connectivity index (χ0) is 17.6. The summed E-state index contributed by atoms with van der Waals surface area (Å²) in [7, 11) is 0. The lowest BCUT2D eigenvalue weighted by molar-refractivity contribution is 0.296. The van der Waals surface area contributed by atoms with E-state index in [1.54, 1.807) is 18.4 Å². The Kier molecular flexibility index (Phi) is 6.13. The van der Waals surface area contributed by atoms with Crippen LogP contribution in [0.1, 0.15) is 16.9 Å². The molecule has 1 N–H and O–H groups in total. The molecule has 0 aliphatic rings. The Balaban J connectivity index is 1.68. The van der Waals surface area contributed by atoms with Gasteiger partial charge in [-0.05, 0) is 42.5 Å². The van der Waals surface area contributed by atoms with Crippen molar-refractivity contribution < 1.29 is 13.5 Å². The van der Waals surface area contributed by atoms with E-state index >= 15 is 0 Å². The van der Waals surface area contributed by atoms with Gasteiger partial charge in [-0.1, -0.05) is 33.6 Å². The van der Waals surface area contributed by atoms with Crippen LogP contribution in [0, 0.1) is 5.82 Å². The summed E-state index contributed by atoms with van der Waals surface area (Å²) in [6.45, 7) is 1.26. The van der Waals surface area contributed by atoms with Crippen molar-refractivity contribution >= 4 is 27.5 Å². The van der Waals surface area contributed by atoms with Gasteiger partial charge in [-0.25, -0.2) is 4.39 Å². The zero-order valence-corrected chi connectivity index (χ0v) is 15.6. The Morgan fingerprint density at radius 2 is 2.00 bits per heavy atom. The van der Waals surface area contributed by atoms with E-state index in [-0.39, 0.29) is 12.4 Å². The predicted molar refractivity (Wildman–Crippen MR) is 99.1 cm³/mol. The van der Waals surface area contributed by atoms with Crippen molar-refractivity contribution in [3.63, 3.8) is 0 Å². The number of rotatable bonds is 7. The minimum absolute atomic E-state index is 0.0678. The van der Waals surface area contributed by atoms with Gasteiger partial charge in [0, 0.05) is 22.1 Å². The molecule has 1 aromatic heterocycles. The molecule has 0 atom stereocenters. The van der Waals surface area contributed by atoms with Crippen LogP contribution in [-0.4, -0.2) is 0 Å². The van der Waals surface area contributed by atoms with Crippen LogP contribution in [-0.2, 0) is 19.7 Å². The molecule has 3 nitrogen and oxygen atoms in total. The van der Waals surface area contributed by atoms with Crippen LogP contribution in [0.15, 0.2) is 63.7 Å². The van der Waals surface area contributed by atoms with Crippen LogP contribution in [0.3, 0.4) is 0 Å². The van der Waals surface area contributed by atoms with E-state index in [2.05, 4.69) is 21.2 Å². The highest BCUT2D eigenvalue weighted by molar-refractivity contribution is 9.10. The topological polar surface area (TPSA) is 34.4 Å². The smallest absolute Gasteiger partial charge is 0.131 e. The predicted octanol–water partition coefficient (Wildman–Crippen LogP) is 5.70. The lowest BCUT2D eigenvalue weighted by Gasteiger charge is -2.14. The third-order valence-corrected chi connectivity index (χ3v) is 4.50. The first-order valence-electron chi connectivity index (χ1n) is 7.70. The van der Waals surface area contributed by atoms with Crippen molar-refractivity contribution in [1.82, 2.24) is 5.32 Å². The molecule has 25 heavy (non-hydrogen) atoms. The first-order valence-corrected chi connectivity index (χ1v) is 8.88. The van der Waals surface area contributed by atoms with Crippen molar-refractivity contribution in [2.45, 2.75) is 19.7 Å². The highest BCUT2D eigenvalue weighted by atomic mass is 79.9. The Bertz CT molecular complexity index is 819. The molecule has 0 spiro atoms. The lowest BCUT2D eigenvalue weighted by atomic mass is 10.2. The molecule has 3 aromatic rings. The molecule has 130 valence electrons. The Morgan fingerprint density at radius 3 is 2.76 bits per heavy atom. The Morgan fingerprint density at radius 1 is 1.12 bits per heavy atom. The van der Waals surface area contributed by atoms with Crippen molar-refractivity contribution in [2.24, 2.45) is 0 Å². The van der Waals surface area contributed by atoms with E-state index in [1.165, 1.54) is 6.07 Å². The first kappa shape index (κ1) is 18.0. The molecule has 0 bridgehead atoms. The van der Waals surface area contributed by atoms with Gasteiger partial charge in [0.2, 0.25) is 0 Å². The van der Waals surface area contributed by atoms with E-state index in [0.717, 1.165) is 15.8 Å². The second kappa shape index (κ2) is 8.52. The maximum atomic E-state index is 13.9. The van der Waals surface area contributed by atoms with Crippen molar-refractivity contribution in [2.75, 3.05) is 0 Å². The van der Waals surface area contributed by atoms with Crippen LogP contribution in [0.2, 0.25) is 5.02 Å². The molecule has 0 aliphatic carbocycles. The number of hydrogen-bond acceptors (Lipinski definition) is 3. The number of halogens is 3. The van der Waals surface area contributed by atoms with Gasteiger partial charge in [0.25, 0.3) is 0 Å². The maximum Gasteiger partial charge on any atom is 0.131 e. The molecule has 0 saturated carbocycles. The maximum absolute atomic E-state index is 13.9. The van der Waals surface area contributed by atoms with Gasteiger partial charge in [0.05, 0.1) is 17.8 Å². The van der Waals surface area contributed by atoms with Gasteiger partial charge in [-0.2, -0.15) is 0 Å². The molecule has 0 amide bonds. The van der Waals surface area contributed by atoms with E-state index in [9.17, 15) is 4.39 Å². The third-order valence-electron chi connectivity index (χ3n) is 3.65. The van der Waals surface area contributed by atoms with Crippen molar-refractivity contribution in [1.29, 1.82) is 0 Å². The van der Waals surface area contributed by atoms with Crippen LogP contribution in [0.4, 0.5) is 4.39 Å². The summed E-state index contributed by atoms with van der Waals surface area (Å²) in [4.78, 5) is 0. The first-order chi connectivity index (χ1) is 12.1. The summed E-state index contributed by atoms with van der Waals surface area (Å²) >= 11 is 9.51. The molecule has 0 radical (unpaired) electrons. The second-order valence-electron chi connectivity index (χ2n) is 5.42. The summed E-state index contributed by atoms with van der Waals surface area (Å²) in [5, 5.41) is 3.65. The number of ether oxygens (including phenoxy) is 1. The standard InChI is InChI=1S/C19H16BrClFNO2/c20-14-6-7-19(25-12-16-17(21)4-1-5-18(16)22)13(9-14)10-23-11-15-3-2-8-24-15/h1-9,23H,10-12H2. The summed E-state index contributed by atoms with van der Waals surface area (Å²) in [6, 6.07) is 14.1. The average molecular weight is 425 g/mol. The van der Waals surface area contributed by atoms with Crippen LogP contribution in [0.25, 0.3) is 0 Å². The average Bonchev–Trinajstić information content (AvgIpc) is 3.09. The molecule has 2 aromatic carbocycles. The van der Waals surface area contributed by atoms with Crippen molar-refractivity contribution in [3.8, 4) is 5.75 Å². The normalized spacial score (nSPS) is 10.8. The lowest BCUT2D eigenvalue weighted by Crippen LogP contribution is -2.13. The quantitative estimate of drug-likeness (QED) is 0.528. The molecule has 0 unspecified atom stereocenters. The molecule has 3 rings (SSSR count). The summed E-state index contributed by atoms with van der Waals surface area (Å²) < 4.78 is 25.9. The van der Waals surface area contributed by atoms with Gasteiger partial charge in [-0.3, -0.25) is 0 Å².